The number of fused-ring (bicyclic) bond motifs is 1. The first kappa shape index (κ1) is 12.2. The van der Waals surface area contributed by atoms with Crippen LogP contribution in [0.15, 0.2) is 30.7 Å². The minimum Gasteiger partial charge on any atom is -0.366 e. The van der Waals surface area contributed by atoms with Gasteiger partial charge in [-0.05, 0) is 12.1 Å². The predicted molar refractivity (Wildman–Crippen MR) is 65.8 cm³/mol. The van der Waals surface area contributed by atoms with E-state index in [2.05, 4.69) is 15.1 Å². The van der Waals surface area contributed by atoms with Gasteiger partial charge in [0.2, 0.25) is 5.95 Å². The lowest BCUT2D eigenvalue weighted by molar-refractivity contribution is 0.0944. The van der Waals surface area contributed by atoms with Crippen LogP contribution >= 0.6 is 0 Å². The number of aromatic nitrogens is 4. The maximum Gasteiger partial charge on any atom is 0.281 e. The standard InChI is InChI=1S/C12H7F2N5O/c13-8-2-6-1-7(4-16-10(6)9(14)3-8)11(20)19-5-17-12(15)18-19/h1-5H,(H2,15,18). The van der Waals surface area contributed by atoms with Crippen molar-refractivity contribution in [2.75, 3.05) is 5.73 Å². The number of nitrogen functional groups attached to an aromatic ring is 1. The number of rotatable bonds is 1. The van der Waals surface area contributed by atoms with Crippen LogP contribution in [0.2, 0.25) is 0 Å². The summed E-state index contributed by atoms with van der Waals surface area (Å²) in [4.78, 5) is 19.5. The maximum atomic E-state index is 13.5. The lowest BCUT2D eigenvalue weighted by atomic mass is 10.1. The Kier molecular flexibility index (Phi) is 2.63. The Morgan fingerprint density at radius 1 is 1.20 bits per heavy atom. The molecule has 0 aliphatic rings. The van der Waals surface area contributed by atoms with Gasteiger partial charge in [0.05, 0.1) is 5.56 Å². The van der Waals surface area contributed by atoms with Gasteiger partial charge >= 0.3 is 0 Å². The molecule has 20 heavy (non-hydrogen) atoms. The fourth-order valence-electron chi connectivity index (χ4n) is 1.79. The van der Waals surface area contributed by atoms with Crippen molar-refractivity contribution in [1.29, 1.82) is 0 Å². The third-order valence-electron chi connectivity index (χ3n) is 2.67. The highest BCUT2D eigenvalue weighted by molar-refractivity contribution is 5.98. The van der Waals surface area contributed by atoms with E-state index in [0.717, 1.165) is 23.1 Å². The van der Waals surface area contributed by atoms with Crippen molar-refractivity contribution in [3.8, 4) is 0 Å². The highest BCUT2D eigenvalue weighted by Gasteiger charge is 2.13. The Morgan fingerprint density at radius 3 is 2.70 bits per heavy atom. The van der Waals surface area contributed by atoms with Gasteiger partial charge in [0.25, 0.3) is 5.91 Å². The zero-order valence-corrected chi connectivity index (χ0v) is 9.92. The fraction of sp³-hybridized carbons (Fsp3) is 0. The van der Waals surface area contributed by atoms with Crippen LogP contribution < -0.4 is 5.73 Å². The summed E-state index contributed by atoms with van der Waals surface area (Å²) in [5.41, 5.74) is 5.42. The molecule has 0 amide bonds. The number of hydrogen-bond acceptors (Lipinski definition) is 5. The van der Waals surface area contributed by atoms with Crippen molar-refractivity contribution < 1.29 is 13.6 Å². The number of pyridine rings is 1. The molecule has 2 heterocycles. The Balaban J connectivity index is 2.11. The van der Waals surface area contributed by atoms with Gasteiger partial charge in [-0.25, -0.2) is 13.8 Å². The van der Waals surface area contributed by atoms with Crippen molar-refractivity contribution in [2.45, 2.75) is 0 Å². The molecule has 0 spiro atoms. The summed E-state index contributed by atoms with van der Waals surface area (Å²) in [6, 6.07) is 3.15. The van der Waals surface area contributed by atoms with Crippen LogP contribution in [-0.4, -0.2) is 25.7 Å². The quantitative estimate of drug-likeness (QED) is 0.725. The number of halogens is 2. The second-order valence-electron chi connectivity index (χ2n) is 4.04. The lowest BCUT2D eigenvalue weighted by Crippen LogP contribution is -2.13. The van der Waals surface area contributed by atoms with Crippen LogP contribution in [0.3, 0.4) is 0 Å². The maximum absolute atomic E-state index is 13.5. The van der Waals surface area contributed by atoms with Gasteiger partial charge in [-0.15, -0.1) is 5.10 Å². The molecule has 2 N–H and O–H groups in total. The summed E-state index contributed by atoms with van der Waals surface area (Å²) < 4.78 is 27.6. The largest absolute Gasteiger partial charge is 0.366 e. The van der Waals surface area contributed by atoms with E-state index in [1.807, 2.05) is 0 Å². The fourth-order valence-corrected chi connectivity index (χ4v) is 1.79. The summed E-state index contributed by atoms with van der Waals surface area (Å²) >= 11 is 0. The van der Waals surface area contributed by atoms with E-state index in [4.69, 9.17) is 5.73 Å². The van der Waals surface area contributed by atoms with E-state index in [9.17, 15) is 13.6 Å². The molecule has 0 aliphatic heterocycles. The molecule has 0 fully saturated rings. The summed E-state index contributed by atoms with van der Waals surface area (Å²) in [5, 5.41) is 3.84. The Hall–Kier alpha value is -2.90. The number of nitrogens with two attached hydrogens (primary N) is 1. The second-order valence-corrected chi connectivity index (χ2v) is 4.04. The van der Waals surface area contributed by atoms with Crippen LogP contribution in [0.25, 0.3) is 10.9 Å². The Labute approximate surface area is 110 Å². The highest BCUT2D eigenvalue weighted by atomic mass is 19.1. The molecule has 3 aromatic rings. The number of anilines is 1. The zero-order chi connectivity index (χ0) is 14.3. The van der Waals surface area contributed by atoms with Crippen molar-refractivity contribution in [1.82, 2.24) is 19.7 Å². The molecular formula is C12H7F2N5O. The third kappa shape index (κ3) is 1.96. The van der Waals surface area contributed by atoms with Crippen LogP contribution in [-0.2, 0) is 0 Å². The molecule has 2 aromatic heterocycles. The molecule has 0 bridgehead atoms. The number of carbonyl (C=O) groups is 1. The van der Waals surface area contributed by atoms with Crippen LogP contribution in [0.5, 0.6) is 0 Å². The molecule has 8 heteroatoms. The van der Waals surface area contributed by atoms with Crippen molar-refractivity contribution >= 4 is 22.8 Å². The first-order valence-electron chi connectivity index (χ1n) is 5.51. The zero-order valence-electron chi connectivity index (χ0n) is 9.92. The number of benzene rings is 1. The van der Waals surface area contributed by atoms with E-state index in [0.29, 0.717) is 0 Å². The summed E-state index contributed by atoms with van der Waals surface area (Å²) in [6.07, 6.45) is 2.33. The predicted octanol–water partition coefficient (Wildman–Crippen LogP) is 1.38. The van der Waals surface area contributed by atoms with Gasteiger partial charge in [-0.1, -0.05) is 0 Å². The minimum absolute atomic E-state index is 0.0129. The third-order valence-corrected chi connectivity index (χ3v) is 2.67. The van der Waals surface area contributed by atoms with Gasteiger partial charge in [-0.3, -0.25) is 9.78 Å². The summed E-state index contributed by atoms with van der Waals surface area (Å²) in [7, 11) is 0. The number of hydrogen-bond donors (Lipinski definition) is 1. The molecule has 0 saturated carbocycles. The van der Waals surface area contributed by atoms with Gasteiger partial charge in [0, 0.05) is 17.6 Å². The molecular weight excluding hydrogens is 268 g/mol. The average Bonchev–Trinajstić information content (AvgIpc) is 2.83. The van der Waals surface area contributed by atoms with E-state index >= 15 is 0 Å². The Morgan fingerprint density at radius 2 is 2.00 bits per heavy atom. The Bertz CT molecular complexity index is 830. The number of carbonyl (C=O) groups excluding carboxylic acids is 1. The average molecular weight is 275 g/mol. The van der Waals surface area contributed by atoms with Crippen molar-refractivity contribution in [3.05, 3.63) is 47.9 Å². The SMILES string of the molecule is Nc1ncn(C(=O)c2cnc3c(F)cc(F)cc3c2)n1. The van der Waals surface area contributed by atoms with Gasteiger partial charge in [0.1, 0.15) is 17.7 Å². The molecule has 0 unspecified atom stereocenters. The van der Waals surface area contributed by atoms with Gasteiger partial charge < -0.3 is 5.73 Å². The van der Waals surface area contributed by atoms with Crippen LogP contribution in [0.1, 0.15) is 10.4 Å². The molecule has 0 radical (unpaired) electrons. The topological polar surface area (TPSA) is 86.7 Å². The molecule has 100 valence electrons. The van der Waals surface area contributed by atoms with Crippen LogP contribution in [0.4, 0.5) is 14.7 Å². The minimum atomic E-state index is -0.788. The monoisotopic (exact) mass is 275 g/mol. The van der Waals surface area contributed by atoms with Crippen molar-refractivity contribution in [3.63, 3.8) is 0 Å². The van der Waals surface area contributed by atoms with E-state index in [1.54, 1.807) is 0 Å². The van der Waals surface area contributed by atoms with Crippen LogP contribution in [0, 0.1) is 11.6 Å². The summed E-state index contributed by atoms with van der Waals surface area (Å²) in [6.45, 7) is 0. The van der Waals surface area contributed by atoms with Gasteiger partial charge in [0.15, 0.2) is 5.82 Å². The molecule has 1 aromatic carbocycles. The van der Waals surface area contributed by atoms with Gasteiger partial charge in [-0.2, -0.15) is 4.68 Å². The van der Waals surface area contributed by atoms with E-state index in [1.165, 1.54) is 12.3 Å². The van der Waals surface area contributed by atoms with E-state index < -0.39 is 17.5 Å². The molecule has 0 atom stereocenters. The number of nitrogens with zero attached hydrogens (tertiary/aromatic N) is 4. The molecule has 0 aliphatic carbocycles. The molecule has 3 rings (SSSR count). The van der Waals surface area contributed by atoms with E-state index in [-0.39, 0.29) is 22.4 Å². The molecule has 6 nitrogen and oxygen atoms in total. The smallest absolute Gasteiger partial charge is 0.281 e. The highest BCUT2D eigenvalue weighted by Crippen LogP contribution is 2.19. The second kappa shape index (κ2) is 4.34. The first-order chi connectivity index (χ1) is 9.54. The molecule has 0 saturated heterocycles. The lowest BCUT2D eigenvalue weighted by Gasteiger charge is -2.03. The summed E-state index contributed by atoms with van der Waals surface area (Å²) in [5.74, 6) is -2.13. The normalized spacial score (nSPS) is 10.9. The first-order valence-corrected chi connectivity index (χ1v) is 5.51. The van der Waals surface area contributed by atoms with Crippen molar-refractivity contribution in [2.24, 2.45) is 0 Å².